The van der Waals surface area contributed by atoms with Gasteiger partial charge in [-0.1, -0.05) is 48.5 Å². The summed E-state index contributed by atoms with van der Waals surface area (Å²) in [6.07, 6.45) is 4.93. The molecule has 0 saturated heterocycles. The number of hydrogen-bond acceptors (Lipinski definition) is 4. The van der Waals surface area contributed by atoms with E-state index in [1.54, 1.807) is 12.5 Å². The van der Waals surface area contributed by atoms with Crippen LogP contribution in [0.15, 0.2) is 73.3 Å². The SMILES string of the molecule is OC(CNCc1ccccc1-n1ccnc1)COCc1ccccc1. The van der Waals surface area contributed by atoms with Gasteiger partial charge in [0.15, 0.2) is 0 Å². The fourth-order valence-corrected chi connectivity index (χ4v) is 2.63. The summed E-state index contributed by atoms with van der Waals surface area (Å²) in [7, 11) is 0. The van der Waals surface area contributed by atoms with Gasteiger partial charge in [0, 0.05) is 25.5 Å². The van der Waals surface area contributed by atoms with Gasteiger partial charge in [-0.15, -0.1) is 0 Å². The van der Waals surface area contributed by atoms with Crippen LogP contribution in [0, 0.1) is 0 Å². The molecule has 130 valence electrons. The van der Waals surface area contributed by atoms with Gasteiger partial charge in [0.25, 0.3) is 0 Å². The van der Waals surface area contributed by atoms with Gasteiger partial charge >= 0.3 is 0 Å². The number of para-hydroxylation sites is 1. The quantitative estimate of drug-likeness (QED) is 0.630. The smallest absolute Gasteiger partial charge is 0.0991 e. The minimum Gasteiger partial charge on any atom is -0.389 e. The average Bonchev–Trinajstić information content (AvgIpc) is 3.18. The van der Waals surface area contributed by atoms with Crippen LogP contribution in [0.3, 0.4) is 0 Å². The van der Waals surface area contributed by atoms with E-state index >= 15 is 0 Å². The highest BCUT2D eigenvalue weighted by molar-refractivity contribution is 5.40. The van der Waals surface area contributed by atoms with Crippen molar-refractivity contribution in [3.05, 3.63) is 84.4 Å². The summed E-state index contributed by atoms with van der Waals surface area (Å²) in [5.41, 5.74) is 3.34. The molecule has 3 aromatic rings. The van der Waals surface area contributed by atoms with E-state index < -0.39 is 6.10 Å². The first-order valence-electron chi connectivity index (χ1n) is 8.39. The zero-order valence-corrected chi connectivity index (χ0v) is 14.1. The molecule has 1 aromatic heterocycles. The van der Waals surface area contributed by atoms with Crippen molar-refractivity contribution in [3.63, 3.8) is 0 Å². The molecule has 0 aliphatic heterocycles. The standard InChI is InChI=1S/C20H23N3O2/c24-19(15-25-14-17-6-2-1-3-7-17)13-22-12-18-8-4-5-9-20(18)23-11-10-21-16-23/h1-11,16,19,22,24H,12-15H2. The van der Waals surface area contributed by atoms with E-state index in [1.165, 1.54) is 0 Å². The summed E-state index contributed by atoms with van der Waals surface area (Å²) < 4.78 is 7.55. The van der Waals surface area contributed by atoms with Crippen LogP contribution in [0.2, 0.25) is 0 Å². The maximum Gasteiger partial charge on any atom is 0.0991 e. The second kappa shape index (κ2) is 9.13. The number of benzene rings is 2. The minimum absolute atomic E-state index is 0.311. The molecule has 5 nitrogen and oxygen atoms in total. The highest BCUT2D eigenvalue weighted by Gasteiger charge is 2.07. The number of aliphatic hydroxyl groups excluding tert-OH is 1. The minimum atomic E-state index is -0.538. The molecule has 0 radical (unpaired) electrons. The van der Waals surface area contributed by atoms with Crippen LogP contribution in [-0.4, -0.2) is 33.9 Å². The number of rotatable bonds is 9. The van der Waals surface area contributed by atoms with Gasteiger partial charge in [-0.25, -0.2) is 4.98 Å². The van der Waals surface area contributed by atoms with Crippen LogP contribution in [0.4, 0.5) is 0 Å². The number of nitrogens with zero attached hydrogens (tertiary/aromatic N) is 2. The molecular weight excluding hydrogens is 314 g/mol. The maximum atomic E-state index is 10.1. The van der Waals surface area contributed by atoms with E-state index in [2.05, 4.69) is 22.4 Å². The number of aromatic nitrogens is 2. The molecule has 25 heavy (non-hydrogen) atoms. The fraction of sp³-hybridized carbons (Fsp3) is 0.250. The van der Waals surface area contributed by atoms with Gasteiger partial charge in [-0.3, -0.25) is 0 Å². The number of hydrogen-bond donors (Lipinski definition) is 2. The van der Waals surface area contributed by atoms with Crippen molar-refractivity contribution in [1.82, 2.24) is 14.9 Å². The van der Waals surface area contributed by atoms with Gasteiger partial charge in [0.1, 0.15) is 0 Å². The first-order valence-corrected chi connectivity index (χ1v) is 8.39. The second-order valence-corrected chi connectivity index (χ2v) is 5.88. The van der Waals surface area contributed by atoms with Crippen LogP contribution in [0.25, 0.3) is 5.69 Å². The lowest BCUT2D eigenvalue weighted by atomic mass is 10.1. The lowest BCUT2D eigenvalue weighted by Crippen LogP contribution is -2.30. The summed E-state index contributed by atoms with van der Waals surface area (Å²) in [6.45, 7) is 1.98. The van der Waals surface area contributed by atoms with Crippen LogP contribution < -0.4 is 5.32 Å². The molecule has 0 spiro atoms. The molecule has 1 atom stereocenters. The summed E-state index contributed by atoms with van der Waals surface area (Å²) >= 11 is 0. The molecular formula is C20H23N3O2. The molecule has 2 aromatic carbocycles. The van der Waals surface area contributed by atoms with Crippen molar-refractivity contribution in [2.45, 2.75) is 19.3 Å². The normalized spacial score (nSPS) is 12.2. The van der Waals surface area contributed by atoms with E-state index in [4.69, 9.17) is 4.74 Å². The van der Waals surface area contributed by atoms with E-state index in [9.17, 15) is 5.11 Å². The fourth-order valence-electron chi connectivity index (χ4n) is 2.63. The van der Waals surface area contributed by atoms with Gasteiger partial charge in [0.2, 0.25) is 0 Å². The Balaban J connectivity index is 1.42. The van der Waals surface area contributed by atoms with Crippen molar-refractivity contribution < 1.29 is 9.84 Å². The molecule has 0 aliphatic carbocycles. The van der Waals surface area contributed by atoms with Crippen molar-refractivity contribution in [3.8, 4) is 5.69 Å². The monoisotopic (exact) mass is 337 g/mol. The predicted octanol–water partition coefficient (Wildman–Crippen LogP) is 2.54. The zero-order chi connectivity index (χ0) is 17.3. The first-order chi connectivity index (χ1) is 12.3. The van der Waals surface area contributed by atoms with Crippen LogP contribution in [0.5, 0.6) is 0 Å². The molecule has 0 aliphatic rings. The number of imidazole rings is 1. The Labute approximate surface area is 147 Å². The van der Waals surface area contributed by atoms with E-state index in [0.29, 0.717) is 26.3 Å². The molecule has 3 rings (SSSR count). The molecule has 0 saturated carbocycles. The van der Waals surface area contributed by atoms with Crippen LogP contribution in [0.1, 0.15) is 11.1 Å². The molecule has 5 heteroatoms. The molecule has 0 amide bonds. The average molecular weight is 337 g/mol. The van der Waals surface area contributed by atoms with Crippen molar-refractivity contribution >= 4 is 0 Å². The molecule has 2 N–H and O–H groups in total. The van der Waals surface area contributed by atoms with Crippen LogP contribution >= 0.6 is 0 Å². The second-order valence-electron chi connectivity index (χ2n) is 5.88. The Morgan fingerprint density at radius 3 is 2.68 bits per heavy atom. The Bertz CT molecular complexity index is 745. The molecule has 0 fully saturated rings. The first kappa shape index (κ1) is 17.4. The largest absolute Gasteiger partial charge is 0.389 e. The van der Waals surface area contributed by atoms with E-state index in [-0.39, 0.29) is 0 Å². The Morgan fingerprint density at radius 2 is 1.88 bits per heavy atom. The Hall–Kier alpha value is -2.47. The van der Waals surface area contributed by atoms with Crippen molar-refractivity contribution in [1.29, 1.82) is 0 Å². The third kappa shape index (κ3) is 5.26. The third-order valence-corrected chi connectivity index (χ3v) is 3.89. The molecule has 0 bridgehead atoms. The summed E-state index contributed by atoms with van der Waals surface area (Å²) in [5, 5.41) is 13.3. The molecule has 1 heterocycles. The highest BCUT2D eigenvalue weighted by atomic mass is 16.5. The van der Waals surface area contributed by atoms with Gasteiger partial charge in [-0.2, -0.15) is 0 Å². The van der Waals surface area contributed by atoms with E-state index in [0.717, 1.165) is 16.8 Å². The predicted molar refractivity (Wildman–Crippen MR) is 97.4 cm³/mol. The van der Waals surface area contributed by atoms with Gasteiger partial charge in [0.05, 0.1) is 31.3 Å². The highest BCUT2D eigenvalue weighted by Crippen LogP contribution is 2.13. The number of aliphatic hydroxyl groups is 1. The van der Waals surface area contributed by atoms with E-state index in [1.807, 2.05) is 53.2 Å². The zero-order valence-electron chi connectivity index (χ0n) is 14.1. The van der Waals surface area contributed by atoms with Gasteiger partial charge in [-0.05, 0) is 17.2 Å². The summed E-state index contributed by atoms with van der Waals surface area (Å²) in [4.78, 5) is 4.09. The molecule has 1 unspecified atom stereocenters. The topological polar surface area (TPSA) is 59.3 Å². The lowest BCUT2D eigenvalue weighted by molar-refractivity contribution is 0.0287. The van der Waals surface area contributed by atoms with Crippen molar-refractivity contribution in [2.24, 2.45) is 0 Å². The lowest BCUT2D eigenvalue weighted by Gasteiger charge is -2.14. The van der Waals surface area contributed by atoms with Crippen LogP contribution in [-0.2, 0) is 17.9 Å². The third-order valence-electron chi connectivity index (χ3n) is 3.89. The summed E-state index contributed by atoms with van der Waals surface area (Å²) in [5.74, 6) is 0. The number of nitrogens with one attached hydrogen (secondary N) is 1. The van der Waals surface area contributed by atoms with Crippen molar-refractivity contribution in [2.75, 3.05) is 13.2 Å². The Kier molecular flexibility index (Phi) is 6.34. The van der Waals surface area contributed by atoms with Gasteiger partial charge < -0.3 is 19.7 Å². The summed E-state index contributed by atoms with van der Waals surface area (Å²) in [6, 6.07) is 18.1. The maximum absolute atomic E-state index is 10.1. The number of ether oxygens (including phenoxy) is 1. The Morgan fingerprint density at radius 1 is 1.08 bits per heavy atom.